The average Bonchev–Trinajstić information content (AvgIpc) is 3.93. The van der Waals surface area contributed by atoms with Crippen LogP contribution in [0.2, 0.25) is 0 Å². The van der Waals surface area contributed by atoms with Crippen LogP contribution in [-0.4, -0.2) is 154 Å². The fourth-order valence-electron chi connectivity index (χ4n) is 8.54. The third kappa shape index (κ3) is 12.2. The molecule has 24 heteroatoms. The SMILES string of the molecule is CN[C@H](C)C(=O)N[C@H](C(=O)N1C[C@@H](NC(=O)c2cnc(N3CCN(CCCOc4cc5ncnc(Nc6n[nH]c(C)c6C)c5cc4S(=O)(=O)C(C)(C)C)CC3)cn2)C[C@H]1C(=O)Nc1c(F)cccc1F)C(C)(C)C. The van der Waals surface area contributed by atoms with Crippen LogP contribution in [0.3, 0.4) is 0 Å². The van der Waals surface area contributed by atoms with Gasteiger partial charge in [0.15, 0.2) is 15.7 Å². The number of hydrogen-bond acceptors (Lipinski definition) is 16. The average molecular weight is 1050 g/mol. The van der Waals surface area contributed by atoms with E-state index in [0.29, 0.717) is 67.5 Å². The van der Waals surface area contributed by atoms with Crippen molar-refractivity contribution in [1.29, 1.82) is 0 Å². The van der Waals surface area contributed by atoms with E-state index in [-0.39, 0.29) is 35.9 Å². The van der Waals surface area contributed by atoms with Crippen LogP contribution in [0.4, 0.5) is 31.9 Å². The summed E-state index contributed by atoms with van der Waals surface area (Å²) in [4.78, 5) is 78.0. The molecule has 2 aliphatic rings. The van der Waals surface area contributed by atoms with E-state index in [4.69, 9.17) is 4.74 Å². The van der Waals surface area contributed by atoms with Gasteiger partial charge in [0.1, 0.15) is 63.7 Å². The summed E-state index contributed by atoms with van der Waals surface area (Å²) in [5, 5.41) is 21.7. The Labute approximate surface area is 429 Å². The molecule has 0 bridgehead atoms. The first kappa shape index (κ1) is 54.8. The van der Waals surface area contributed by atoms with Gasteiger partial charge < -0.3 is 41.1 Å². The summed E-state index contributed by atoms with van der Waals surface area (Å²) in [7, 11) is -2.27. The Morgan fingerprint density at radius 2 is 1.64 bits per heavy atom. The van der Waals surface area contributed by atoms with Gasteiger partial charge in [0.2, 0.25) is 17.7 Å². The van der Waals surface area contributed by atoms with Crippen molar-refractivity contribution in [3.8, 4) is 5.75 Å². The Hall–Kier alpha value is -6.92. The summed E-state index contributed by atoms with van der Waals surface area (Å²) < 4.78 is 62.3. The van der Waals surface area contributed by atoms with Crippen molar-refractivity contribution in [2.75, 3.05) is 68.5 Å². The number of halogens is 2. The highest BCUT2D eigenvalue weighted by molar-refractivity contribution is 7.92. The molecule has 5 heterocycles. The lowest BCUT2D eigenvalue weighted by Gasteiger charge is -2.36. The van der Waals surface area contributed by atoms with E-state index < -0.39 is 85.1 Å². The lowest BCUT2D eigenvalue weighted by Crippen LogP contribution is -2.59. The molecule has 21 nitrogen and oxygen atoms in total. The number of benzene rings is 2. The Kier molecular flexibility index (Phi) is 16.5. The summed E-state index contributed by atoms with van der Waals surface area (Å²) in [6.07, 6.45) is 4.75. The largest absolute Gasteiger partial charge is 0.492 e. The number of H-pyrrole nitrogens is 1. The summed E-state index contributed by atoms with van der Waals surface area (Å²) in [6, 6.07) is 2.52. The molecule has 74 heavy (non-hydrogen) atoms. The third-order valence-corrected chi connectivity index (χ3v) is 15.9. The molecule has 0 saturated carbocycles. The van der Waals surface area contributed by atoms with E-state index in [9.17, 15) is 36.4 Å². The monoisotopic (exact) mass is 1040 g/mol. The maximum Gasteiger partial charge on any atom is 0.271 e. The van der Waals surface area contributed by atoms with E-state index in [1.165, 1.54) is 23.6 Å². The van der Waals surface area contributed by atoms with Crippen LogP contribution < -0.4 is 36.2 Å². The van der Waals surface area contributed by atoms with Gasteiger partial charge in [-0.3, -0.25) is 29.2 Å². The Morgan fingerprint density at radius 1 is 0.932 bits per heavy atom. The number of amides is 4. The number of hydrogen-bond donors (Lipinski definition) is 6. The van der Waals surface area contributed by atoms with Gasteiger partial charge in [-0.25, -0.2) is 37.1 Å². The van der Waals surface area contributed by atoms with E-state index >= 15 is 0 Å². The van der Waals surface area contributed by atoms with Crippen LogP contribution in [0, 0.1) is 30.9 Å². The van der Waals surface area contributed by atoms with Crippen molar-refractivity contribution in [1.82, 2.24) is 55.9 Å². The Morgan fingerprint density at radius 3 is 2.24 bits per heavy atom. The van der Waals surface area contributed by atoms with Gasteiger partial charge in [0.05, 0.1) is 35.3 Å². The summed E-state index contributed by atoms with van der Waals surface area (Å²) in [6.45, 7) is 19.0. The highest BCUT2D eigenvalue weighted by Gasteiger charge is 2.46. The molecule has 0 unspecified atom stereocenters. The third-order valence-electron chi connectivity index (χ3n) is 13.4. The van der Waals surface area contributed by atoms with Gasteiger partial charge in [-0.1, -0.05) is 26.8 Å². The highest BCUT2D eigenvalue weighted by Crippen LogP contribution is 2.37. The van der Waals surface area contributed by atoms with Crippen molar-refractivity contribution in [3.63, 3.8) is 0 Å². The van der Waals surface area contributed by atoms with Crippen LogP contribution in [0.5, 0.6) is 5.75 Å². The first-order valence-electron chi connectivity index (χ1n) is 24.5. The van der Waals surface area contributed by atoms with Crippen molar-refractivity contribution in [2.45, 2.75) is 109 Å². The molecular weight excluding hydrogens is 979 g/mol. The highest BCUT2D eigenvalue weighted by atomic mass is 32.2. The minimum Gasteiger partial charge on any atom is -0.492 e. The molecule has 2 aromatic carbocycles. The quantitative estimate of drug-likeness (QED) is 0.0705. The number of aromatic nitrogens is 6. The smallest absolute Gasteiger partial charge is 0.271 e. The van der Waals surface area contributed by atoms with Crippen LogP contribution >= 0.6 is 0 Å². The van der Waals surface area contributed by atoms with Gasteiger partial charge in [-0.15, -0.1) is 0 Å². The summed E-state index contributed by atoms with van der Waals surface area (Å²) >= 11 is 0. The molecule has 398 valence electrons. The standard InChI is InChI=1S/C50H66F2N14O7S/c1-28-29(2)62-63-43(28)61-44-32-22-39(74(71,72)50(7,8)9)38(23-35(32)56-27-57-44)73-20-12-15-64-16-18-65(19-17-64)40-25-54-36(24-55-40)46(68)58-31-21-37(47(69)59-41-33(51)13-11-14-34(41)52)66(26-31)48(70)42(49(4,5)6)60-45(67)30(3)53-10/h11,13-14,22-25,27,30-31,37,42,53H,12,15-21,26H2,1-10H3,(H,58,68)(H,59,69)(H,60,67)(H2,56,57,61,62,63)/t30-,31+,37+,42-/m1/s1. The number of para-hydroxylation sites is 1. The molecule has 2 fully saturated rings. The number of fused-ring (bicyclic) bond motifs is 1. The number of ether oxygens (including phenoxy) is 1. The van der Waals surface area contributed by atoms with Crippen molar-refractivity contribution < 1.29 is 41.1 Å². The molecule has 2 saturated heterocycles. The number of likely N-dealkylation sites (tertiary alicyclic amines) is 1. The van der Waals surface area contributed by atoms with Gasteiger partial charge in [-0.2, -0.15) is 5.10 Å². The molecule has 4 atom stereocenters. The number of likely N-dealkylation sites (N-methyl/N-ethyl adjacent to an activating group) is 1. The predicted molar refractivity (Wildman–Crippen MR) is 275 cm³/mol. The van der Waals surface area contributed by atoms with E-state index in [1.807, 2.05) is 18.7 Å². The first-order valence-corrected chi connectivity index (χ1v) is 25.9. The van der Waals surface area contributed by atoms with E-state index in [1.54, 1.807) is 67.6 Å². The summed E-state index contributed by atoms with van der Waals surface area (Å²) in [5.74, 6) is -2.82. The van der Waals surface area contributed by atoms with Crippen LogP contribution in [0.25, 0.3) is 10.9 Å². The molecule has 7 rings (SSSR count). The number of piperazine rings is 1. The number of anilines is 4. The number of aromatic amines is 1. The van der Waals surface area contributed by atoms with Crippen LogP contribution in [-0.2, 0) is 24.2 Å². The van der Waals surface area contributed by atoms with E-state index in [0.717, 1.165) is 29.5 Å². The van der Waals surface area contributed by atoms with Crippen molar-refractivity contribution in [2.24, 2.45) is 5.41 Å². The number of aryl methyl sites for hydroxylation is 1. The number of nitrogens with zero attached hydrogens (tertiary/aromatic N) is 8. The Balaban J connectivity index is 0.954. The van der Waals surface area contributed by atoms with Crippen molar-refractivity contribution >= 4 is 67.5 Å². The molecule has 4 amide bonds. The molecule has 3 aromatic heterocycles. The maximum absolute atomic E-state index is 14.7. The van der Waals surface area contributed by atoms with Gasteiger partial charge >= 0.3 is 0 Å². The Bertz CT molecular complexity index is 2970. The second-order valence-electron chi connectivity index (χ2n) is 20.7. The second kappa shape index (κ2) is 22.3. The number of rotatable bonds is 17. The minimum atomic E-state index is -3.87. The van der Waals surface area contributed by atoms with E-state index in [2.05, 4.69) is 61.6 Å². The lowest BCUT2D eigenvalue weighted by atomic mass is 9.85. The van der Waals surface area contributed by atoms with Crippen molar-refractivity contribution in [3.05, 3.63) is 77.6 Å². The number of carbonyl (C=O) groups excluding carboxylic acids is 4. The topological polar surface area (TPSA) is 262 Å². The molecule has 0 spiro atoms. The zero-order valence-electron chi connectivity index (χ0n) is 43.4. The lowest BCUT2D eigenvalue weighted by molar-refractivity contribution is -0.143. The zero-order valence-corrected chi connectivity index (χ0v) is 44.2. The fraction of sp³-hybridized carbons (Fsp3) is 0.500. The van der Waals surface area contributed by atoms with Gasteiger partial charge in [-0.05, 0) is 85.0 Å². The zero-order chi connectivity index (χ0) is 53.9. The molecular formula is C50H66F2N14O7S. The fourth-order valence-corrected chi connectivity index (χ4v) is 9.85. The molecule has 0 aliphatic carbocycles. The number of carbonyl (C=O) groups is 4. The molecule has 2 aliphatic heterocycles. The summed E-state index contributed by atoms with van der Waals surface area (Å²) in [5.41, 5.74) is 0.778. The van der Waals surface area contributed by atoms with Crippen LogP contribution in [0.15, 0.2) is 53.9 Å². The molecule has 0 radical (unpaired) electrons. The van der Waals surface area contributed by atoms with Crippen LogP contribution in [0.1, 0.15) is 83.1 Å². The molecule has 6 N–H and O–H groups in total. The van der Waals surface area contributed by atoms with Gasteiger partial charge in [0, 0.05) is 68.0 Å². The number of sulfone groups is 1. The van der Waals surface area contributed by atoms with Gasteiger partial charge in [0.25, 0.3) is 5.91 Å². The minimum absolute atomic E-state index is 0.0129. The second-order valence-corrected chi connectivity index (χ2v) is 23.4. The predicted octanol–water partition coefficient (Wildman–Crippen LogP) is 4.42. The number of nitrogens with one attached hydrogen (secondary N) is 6. The normalized spacial score (nSPS) is 17.5. The molecule has 5 aromatic rings. The maximum atomic E-state index is 14.7. The first-order chi connectivity index (χ1) is 34.9.